The molecule has 6 aromatic carbocycles. The first kappa shape index (κ1) is 28.8. The number of hydrogen-bond acceptors (Lipinski definition) is 2. The summed E-state index contributed by atoms with van der Waals surface area (Å²) >= 11 is 0. The van der Waals surface area contributed by atoms with Crippen molar-refractivity contribution in [1.82, 2.24) is 0 Å². The van der Waals surface area contributed by atoms with Crippen molar-refractivity contribution in [2.24, 2.45) is 0 Å². The number of nitrogens with zero attached hydrogens (tertiary/aromatic N) is 2. The second kappa shape index (κ2) is 12.2. The molecule has 0 unspecified atom stereocenters. The number of anilines is 6. The van der Waals surface area contributed by atoms with Crippen molar-refractivity contribution in [2.75, 3.05) is 9.80 Å². The van der Waals surface area contributed by atoms with Crippen LogP contribution in [0.25, 0.3) is 11.1 Å². The van der Waals surface area contributed by atoms with Gasteiger partial charge in [-0.15, -0.1) is 0 Å². The molecular weight excluding hydrogens is 532 g/mol. The molecule has 0 atom stereocenters. The molecule has 0 aromatic heterocycles. The van der Waals surface area contributed by atoms with Gasteiger partial charge in [0.2, 0.25) is 0 Å². The van der Waals surface area contributed by atoms with Gasteiger partial charge in [-0.2, -0.15) is 0 Å². The van der Waals surface area contributed by atoms with E-state index in [1.807, 2.05) is 6.07 Å². The maximum Gasteiger partial charge on any atom is 0.0976 e. The summed E-state index contributed by atoms with van der Waals surface area (Å²) in [6.07, 6.45) is 0. The van der Waals surface area contributed by atoms with Gasteiger partial charge in [-0.1, -0.05) is 54.6 Å². The van der Waals surface area contributed by atoms with E-state index in [-0.39, 0.29) is 0 Å². The average Bonchev–Trinajstić information content (AvgIpc) is 2.98. The fourth-order valence-corrected chi connectivity index (χ4v) is 5.99. The van der Waals surface area contributed by atoms with Gasteiger partial charge in [0.25, 0.3) is 0 Å². The zero-order chi connectivity index (χ0) is 30.8. The average molecular weight is 571 g/mol. The Balaban J connectivity index is 1.40. The van der Waals surface area contributed by atoms with E-state index in [4.69, 9.17) is 0 Å². The summed E-state index contributed by atoms with van der Waals surface area (Å²) in [7, 11) is 0. The van der Waals surface area contributed by atoms with E-state index < -0.39 is 0 Å². The molecule has 2 nitrogen and oxygen atoms in total. The van der Waals surface area contributed by atoms with E-state index in [9.17, 15) is 0 Å². The van der Waals surface area contributed by atoms with Crippen LogP contribution in [0, 0.1) is 53.7 Å². The zero-order valence-electron chi connectivity index (χ0n) is 26.4. The summed E-state index contributed by atoms with van der Waals surface area (Å²) in [4.78, 5) is 4.62. The van der Waals surface area contributed by atoms with Crippen LogP contribution in [0.5, 0.6) is 0 Å². The van der Waals surface area contributed by atoms with Crippen molar-refractivity contribution >= 4 is 34.1 Å². The summed E-state index contributed by atoms with van der Waals surface area (Å²) in [6.45, 7) is 12.9. The molecule has 0 saturated heterocycles. The highest BCUT2D eigenvalue weighted by molar-refractivity contribution is 5.83. The molecule has 6 rings (SSSR count). The van der Waals surface area contributed by atoms with Crippen molar-refractivity contribution in [3.05, 3.63) is 167 Å². The molecule has 0 aliphatic rings. The number of aryl methyl sites for hydroxylation is 6. The van der Waals surface area contributed by atoms with Crippen LogP contribution < -0.4 is 9.80 Å². The molecule has 0 bridgehead atoms. The van der Waals surface area contributed by atoms with Gasteiger partial charge in [-0.25, -0.2) is 0 Å². The lowest BCUT2D eigenvalue weighted by atomic mass is 9.95. The van der Waals surface area contributed by atoms with Crippen LogP contribution >= 0.6 is 0 Å². The highest BCUT2D eigenvalue weighted by Gasteiger charge is 2.17. The zero-order valence-corrected chi connectivity index (χ0v) is 26.4. The predicted molar refractivity (Wildman–Crippen MR) is 187 cm³/mol. The molecule has 6 aromatic rings. The first-order valence-electron chi connectivity index (χ1n) is 15.2. The highest BCUT2D eigenvalue weighted by Crippen LogP contribution is 2.40. The summed E-state index contributed by atoms with van der Waals surface area (Å²) in [6, 6.07) is 50.3. The molecule has 0 amide bonds. The van der Waals surface area contributed by atoms with Crippen LogP contribution in [0.3, 0.4) is 0 Å². The van der Waals surface area contributed by atoms with Gasteiger partial charge in [-0.05, 0) is 165 Å². The van der Waals surface area contributed by atoms with Gasteiger partial charge in [0.05, 0.1) is 5.69 Å². The lowest BCUT2D eigenvalue weighted by molar-refractivity contribution is 1.24. The summed E-state index contributed by atoms with van der Waals surface area (Å²) in [5, 5.41) is 0. The first-order valence-corrected chi connectivity index (χ1v) is 15.2. The van der Waals surface area contributed by atoms with E-state index >= 15 is 0 Å². The Morgan fingerprint density at radius 2 is 0.841 bits per heavy atom. The number of rotatable bonds is 7. The van der Waals surface area contributed by atoms with E-state index in [1.54, 1.807) is 0 Å². The van der Waals surface area contributed by atoms with Crippen LogP contribution in [0.4, 0.5) is 34.1 Å². The van der Waals surface area contributed by atoms with Gasteiger partial charge in [0.1, 0.15) is 0 Å². The molecule has 216 valence electrons. The Labute approximate surface area is 262 Å². The van der Waals surface area contributed by atoms with Crippen LogP contribution in [0.1, 0.15) is 33.4 Å². The molecular formula is C42H38N2. The standard InChI is InChI=1S/C42H38N2/c1-29-11-7-15-35(23-29)43(36-16-8-12-30(2)24-36)39-19-21-41(33(5)27-39)42-22-20-40(28-34(42)6)44(37-17-9-13-31(3)25-37)38-18-10-14-32(4)26-38/h7-9,11-17,19-28H,1-6H3. The molecule has 0 radical (unpaired) electrons. The fourth-order valence-electron chi connectivity index (χ4n) is 5.99. The van der Waals surface area contributed by atoms with Crippen molar-refractivity contribution in [3.63, 3.8) is 0 Å². The molecule has 0 aliphatic carbocycles. The Hall–Kier alpha value is -5.26. The molecule has 0 heterocycles. The Bertz CT molecular complexity index is 1720. The lowest BCUT2D eigenvalue weighted by Crippen LogP contribution is -2.11. The van der Waals surface area contributed by atoms with Gasteiger partial charge in [0.15, 0.2) is 0 Å². The van der Waals surface area contributed by atoms with Crippen molar-refractivity contribution < 1.29 is 0 Å². The Morgan fingerprint density at radius 3 is 1.27 bits per heavy atom. The van der Waals surface area contributed by atoms with Crippen molar-refractivity contribution in [2.45, 2.75) is 41.5 Å². The molecule has 44 heavy (non-hydrogen) atoms. The van der Waals surface area contributed by atoms with Crippen molar-refractivity contribution in [1.29, 1.82) is 0 Å². The molecule has 2 heteroatoms. The molecule has 0 aliphatic heterocycles. The third-order valence-electron chi connectivity index (χ3n) is 8.11. The Morgan fingerprint density at radius 1 is 0.409 bits per heavy atom. The monoisotopic (exact) mass is 570 g/mol. The Kier molecular flexibility index (Phi) is 7.97. The predicted octanol–water partition coefficient (Wildman–Crippen LogP) is 11.7. The minimum absolute atomic E-state index is 0.982. The second-order valence-corrected chi connectivity index (χ2v) is 11.9. The second-order valence-electron chi connectivity index (χ2n) is 11.9. The quantitative estimate of drug-likeness (QED) is 0.188. The topological polar surface area (TPSA) is 6.48 Å². The third-order valence-corrected chi connectivity index (χ3v) is 8.11. The maximum atomic E-state index is 3.35. The summed E-state index contributed by atoms with van der Waals surface area (Å²) in [5.41, 5.74) is 16.5. The maximum absolute atomic E-state index is 3.35. The largest absolute Gasteiger partial charge is 0.310 e. The minimum Gasteiger partial charge on any atom is -0.310 e. The normalized spacial score (nSPS) is 10.8. The molecule has 0 saturated carbocycles. The van der Waals surface area contributed by atoms with E-state index in [2.05, 4.69) is 179 Å². The van der Waals surface area contributed by atoms with Gasteiger partial charge in [-0.3, -0.25) is 0 Å². The molecule has 0 N–H and O–H groups in total. The fraction of sp³-hybridized carbons (Fsp3) is 0.143. The molecule has 0 fully saturated rings. The lowest BCUT2D eigenvalue weighted by Gasteiger charge is -2.27. The van der Waals surface area contributed by atoms with Gasteiger partial charge >= 0.3 is 0 Å². The van der Waals surface area contributed by atoms with Crippen molar-refractivity contribution in [3.8, 4) is 11.1 Å². The van der Waals surface area contributed by atoms with E-state index in [1.165, 1.54) is 38.9 Å². The smallest absolute Gasteiger partial charge is 0.0976 e. The summed E-state index contributed by atoms with van der Waals surface area (Å²) in [5.74, 6) is 0. The van der Waals surface area contributed by atoms with Crippen LogP contribution in [-0.4, -0.2) is 0 Å². The first-order chi connectivity index (χ1) is 21.3. The third kappa shape index (κ3) is 5.96. The van der Waals surface area contributed by atoms with E-state index in [0.29, 0.717) is 0 Å². The van der Waals surface area contributed by atoms with Gasteiger partial charge < -0.3 is 9.80 Å². The number of benzene rings is 5. The van der Waals surface area contributed by atoms with E-state index in [0.717, 1.165) is 39.7 Å². The van der Waals surface area contributed by atoms with Crippen LogP contribution in [0.2, 0.25) is 0 Å². The summed E-state index contributed by atoms with van der Waals surface area (Å²) < 4.78 is 0. The highest BCUT2D eigenvalue weighted by atomic mass is 15.1. The minimum atomic E-state index is 0.982. The number of hydrogen-bond donors (Lipinski definition) is 0. The van der Waals surface area contributed by atoms with Crippen LogP contribution in [-0.2, 0) is 0 Å². The van der Waals surface area contributed by atoms with Crippen LogP contribution in [0.15, 0.2) is 121 Å². The SMILES string of the molecule is Cc1cc#cc(N(c2cccc(C)c2)c2ccc(-c3ccc(N(c4cccc(C)c4)c4cccc(C)c4)cc3C)c(C)c2)c1. The van der Waals surface area contributed by atoms with Gasteiger partial charge in [0, 0.05) is 28.4 Å². The molecule has 0 spiro atoms.